The van der Waals surface area contributed by atoms with Gasteiger partial charge in [0.2, 0.25) is 0 Å². The Morgan fingerprint density at radius 3 is 2.52 bits per heavy atom. The molecule has 0 aliphatic heterocycles. The van der Waals surface area contributed by atoms with Gasteiger partial charge >= 0.3 is 6.03 Å². The first-order valence-electron chi connectivity index (χ1n) is 6.33. The molecular weight excluding hydrogens is 337 g/mol. The van der Waals surface area contributed by atoms with Gasteiger partial charge in [0.05, 0.1) is 5.69 Å². The van der Waals surface area contributed by atoms with Crippen molar-refractivity contribution in [1.82, 2.24) is 0 Å². The Kier molecular flexibility index (Phi) is 4.80. The molecule has 2 aromatic carbocycles. The van der Waals surface area contributed by atoms with Crippen molar-refractivity contribution in [2.45, 2.75) is 13.0 Å². The zero-order valence-electron chi connectivity index (χ0n) is 11.4. The number of carbonyl (C=O) groups is 1. The fraction of sp³-hybridized carbons (Fsp3) is 0.133. The second kappa shape index (κ2) is 6.58. The van der Waals surface area contributed by atoms with Crippen LogP contribution in [-0.4, -0.2) is 6.03 Å². The Morgan fingerprint density at radius 2 is 1.90 bits per heavy atom. The second-order valence-electron chi connectivity index (χ2n) is 4.60. The van der Waals surface area contributed by atoms with E-state index in [-0.39, 0.29) is 11.9 Å². The first-order valence-corrected chi connectivity index (χ1v) is 7.13. The molecule has 0 saturated heterocycles. The van der Waals surface area contributed by atoms with Crippen molar-refractivity contribution >= 4 is 33.3 Å². The minimum absolute atomic E-state index is 0.0866. The third-order valence-electron chi connectivity index (χ3n) is 2.98. The van der Waals surface area contributed by atoms with Gasteiger partial charge in [-0.1, -0.05) is 28.1 Å². The van der Waals surface area contributed by atoms with Gasteiger partial charge in [-0.3, -0.25) is 0 Å². The number of amides is 2. The quantitative estimate of drug-likeness (QED) is 0.770. The molecule has 2 aromatic rings. The van der Waals surface area contributed by atoms with E-state index < -0.39 is 6.03 Å². The number of benzene rings is 2. The summed E-state index contributed by atoms with van der Waals surface area (Å²) in [5.41, 5.74) is 7.05. The van der Waals surface area contributed by atoms with Crippen molar-refractivity contribution in [1.29, 1.82) is 0 Å². The minimum Gasteiger partial charge on any atom is -0.376 e. The van der Waals surface area contributed by atoms with Crippen LogP contribution in [0.3, 0.4) is 0 Å². The lowest BCUT2D eigenvalue weighted by molar-refractivity contribution is 0.259. The highest BCUT2D eigenvalue weighted by atomic mass is 79.9. The van der Waals surface area contributed by atoms with Crippen molar-refractivity contribution in [2.75, 3.05) is 10.6 Å². The van der Waals surface area contributed by atoms with Crippen LogP contribution in [0.1, 0.15) is 18.5 Å². The van der Waals surface area contributed by atoms with Gasteiger partial charge in [0.25, 0.3) is 0 Å². The first kappa shape index (κ1) is 15.3. The molecule has 21 heavy (non-hydrogen) atoms. The predicted octanol–water partition coefficient (Wildman–Crippen LogP) is 4.25. The largest absolute Gasteiger partial charge is 0.376 e. The summed E-state index contributed by atoms with van der Waals surface area (Å²) in [4.78, 5) is 10.8. The van der Waals surface area contributed by atoms with Crippen molar-refractivity contribution < 1.29 is 9.18 Å². The number of hydrogen-bond donors (Lipinski definition) is 3. The molecule has 0 spiro atoms. The third-order valence-corrected chi connectivity index (χ3v) is 3.47. The number of nitrogens with two attached hydrogens (primary N) is 1. The number of anilines is 2. The Balaban J connectivity index is 2.11. The van der Waals surface area contributed by atoms with E-state index in [0.29, 0.717) is 11.4 Å². The molecule has 0 bridgehead atoms. The van der Waals surface area contributed by atoms with Crippen LogP contribution in [0.25, 0.3) is 0 Å². The molecule has 0 aromatic heterocycles. The van der Waals surface area contributed by atoms with Gasteiger partial charge in [-0.05, 0) is 42.8 Å². The van der Waals surface area contributed by atoms with Crippen molar-refractivity contribution in [3.05, 3.63) is 58.3 Å². The number of urea groups is 1. The molecule has 2 rings (SSSR count). The van der Waals surface area contributed by atoms with Gasteiger partial charge in [0.15, 0.2) is 0 Å². The number of hydrogen-bond acceptors (Lipinski definition) is 2. The van der Waals surface area contributed by atoms with E-state index in [1.807, 2.05) is 19.1 Å². The number of rotatable bonds is 4. The Morgan fingerprint density at radius 1 is 1.24 bits per heavy atom. The molecule has 4 N–H and O–H groups in total. The molecule has 4 nitrogen and oxygen atoms in total. The topological polar surface area (TPSA) is 67.2 Å². The monoisotopic (exact) mass is 351 g/mol. The fourth-order valence-corrected chi connectivity index (χ4v) is 2.28. The zero-order chi connectivity index (χ0) is 15.4. The fourth-order valence-electron chi connectivity index (χ4n) is 1.92. The smallest absolute Gasteiger partial charge is 0.316 e. The summed E-state index contributed by atoms with van der Waals surface area (Å²) in [6.45, 7) is 1.93. The number of nitrogens with one attached hydrogen (secondary N) is 2. The standard InChI is InChI=1S/C15H15BrFN3O/c1-9(19-14-8-11(16)4-7-13(14)17)10-2-5-12(6-3-10)20-15(18)21/h2-9,19H,1H3,(H3,18,20,21). The van der Waals surface area contributed by atoms with Crippen molar-refractivity contribution in [3.8, 4) is 0 Å². The lowest BCUT2D eigenvalue weighted by Crippen LogP contribution is -2.19. The minimum atomic E-state index is -0.606. The third kappa shape index (κ3) is 4.19. The van der Waals surface area contributed by atoms with Crippen LogP contribution in [0.2, 0.25) is 0 Å². The molecule has 0 aliphatic carbocycles. The molecule has 1 atom stereocenters. The molecule has 0 saturated carbocycles. The lowest BCUT2D eigenvalue weighted by Gasteiger charge is -2.17. The molecule has 0 heterocycles. The number of primary amides is 1. The van der Waals surface area contributed by atoms with Crippen LogP contribution in [0.15, 0.2) is 46.9 Å². The van der Waals surface area contributed by atoms with Crippen LogP contribution in [0.5, 0.6) is 0 Å². The average molecular weight is 352 g/mol. The van der Waals surface area contributed by atoms with Crippen molar-refractivity contribution in [2.24, 2.45) is 5.73 Å². The Hall–Kier alpha value is -2.08. The summed E-state index contributed by atoms with van der Waals surface area (Å²) in [5.74, 6) is -0.308. The van der Waals surface area contributed by atoms with E-state index in [1.54, 1.807) is 24.3 Å². The first-order chi connectivity index (χ1) is 9.95. The molecule has 110 valence electrons. The highest BCUT2D eigenvalue weighted by molar-refractivity contribution is 9.10. The average Bonchev–Trinajstić information content (AvgIpc) is 2.43. The normalized spacial score (nSPS) is 11.8. The van der Waals surface area contributed by atoms with E-state index >= 15 is 0 Å². The van der Waals surface area contributed by atoms with Gasteiger partial charge < -0.3 is 16.4 Å². The summed E-state index contributed by atoms with van der Waals surface area (Å²) in [5, 5.41) is 5.60. The van der Waals surface area contributed by atoms with Gasteiger partial charge in [-0.25, -0.2) is 9.18 Å². The van der Waals surface area contributed by atoms with Crippen LogP contribution in [0.4, 0.5) is 20.6 Å². The predicted molar refractivity (Wildman–Crippen MR) is 85.8 cm³/mol. The van der Waals surface area contributed by atoms with Gasteiger partial charge in [0, 0.05) is 16.2 Å². The SMILES string of the molecule is CC(Nc1cc(Br)ccc1F)c1ccc(NC(N)=O)cc1. The highest BCUT2D eigenvalue weighted by Gasteiger charge is 2.09. The summed E-state index contributed by atoms with van der Waals surface area (Å²) < 4.78 is 14.5. The highest BCUT2D eigenvalue weighted by Crippen LogP contribution is 2.25. The molecular formula is C15H15BrFN3O. The maximum absolute atomic E-state index is 13.7. The maximum Gasteiger partial charge on any atom is 0.316 e. The summed E-state index contributed by atoms with van der Waals surface area (Å²) in [7, 11) is 0. The van der Waals surface area contributed by atoms with Crippen molar-refractivity contribution in [3.63, 3.8) is 0 Å². The van der Waals surface area contributed by atoms with Crippen LogP contribution in [-0.2, 0) is 0 Å². The van der Waals surface area contributed by atoms with E-state index in [9.17, 15) is 9.18 Å². The van der Waals surface area contributed by atoms with Crippen LogP contribution < -0.4 is 16.4 Å². The lowest BCUT2D eigenvalue weighted by atomic mass is 10.1. The zero-order valence-corrected chi connectivity index (χ0v) is 12.9. The van der Waals surface area contributed by atoms with E-state index in [4.69, 9.17) is 5.73 Å². The van der Waals surface area contributed by atoms with Gasteiger partial charge in [-0.2, -0.15) is 0 Å². The second-order valence-corrected chi connectivity index (χ2v) is 5.52. The molecule has 6 heteroatoms. The van der Waals surface area contributed by atoms with Gasteiger partial charge in [0.1, 0.15) is 5.82 Å². The molecule has 0 fully saturated rings. The van der Waals surface area contributed by atoms with E-state index in [0.717, 1.165) is 10.0 Å². The number of carbonyl (C=O) groups excluding carboxylic acids is 1. The Labute approximate surface area is 130 Å². The van der Waals surface area contributed by atoms with Gasteiger partial charge in [-0.15, -0.1) is 0 Å². The number of halogens is 2. The molecule has 0 aliphatic rings. The maximum atomic E-state index is 13.7. The van der Waals surface area contributed by atoms with Crippen LogP contribution in [0, 0.1) is 5.82 Å². The summed E-state index contributed by atoms with van der Waals surface area (Å²) in [6.07, 6.45) is 0. The van der Waals surface area contributed by atoms with Crippen LogP contribution >= 0.6 is 15.9 Å². The van der Waals surface area contributed by atoms with E-state index in [1.165, 1.54) is 6.07 Å². The Bertz CT molecular complexity index is 646. The van der Waals surface area contributed by atoms with E-state index in [2.05, 4.69) is 26.6 Å². The molecule has 1 unspecified atom stereocenters. The summed E-state index contributed by atoms with van der Waals surface area (Å²) >= 11 is 3.32. The summed E-state index contributed by atoms with van der Waals surface area (Å²) in [6, 6.07) is 11.2. The molecule has 0 radical (unpaired) electrons. The molecule has 2 amide bonds.